The van der Waals surface area contributed by atoms with E-state index >= 15 is 0 Å². The van der Waals surface area contributed by atoms with Gasteiger partial charge in [-0.05, 0) is 6.42 Å². The van der Waals surface area contributed by atoms with Gasteiger partial charge in [-0.15, -0.1) is 0 Å². The van der Waals surface area contributed by atoms with Crippen LogP contribution < -0.4 is 0 Å². The van der Waals surface area contributed by atoms with Gasteiger partial charge in [0.2, 0.25) is 0 Å². The van der Waals surface area contributed by atoms with Crippen LogP contribution in [0.25, 0.3) is 5.73 Å². The van der Waals surface area contributed by atoms with Gasteiger partial charge in [0.15, 0.2) is 0 Å². The van der Waals surface area contributed by atoms with Crippen molar-refractivity contribution in [2.45, 2.75) is 13.3 Å². The number of carbonyl (C=O) groups excluding carboxylic acids is 1. The minimum Gasteiger partial charge on any atom is -0.668 e. The van der Waals surface area contributed by atoms with E-state index in [4.69, 9.17) is 5.73 Å². The molecule has 6 heavy (non-hydrogen) atoms. The van der Waals surface area contributed by atoms with Crippen LogP contribution in [0.4, 0.5) is 0 Å². The molecule has 0 heterocycles. The predicted octanol–water partition coefficient (Wildman–Crippen LogP) is 0.973. The Morgan fingerprint density at radius 1 is 1.83 bits per heavy atom. The zero-order valence-corrected chi connectivity index (χ0v) is 4.36. The summed E-state index contributed by atoms with van der Waals surface area (Å²) >= 11 is 0. The second-order valence-electron chi connectivity index (χ2n) is 0.777. The van der Waals surface area contributed by atoms with Gasteiger partial charge in [0.25, 0.3) is 0 Å². The average Bonchev–Trinajstić information content (AvgIpc) is 1.38. The summed E-state index contributed by atoms with van der Waals surface area (Å²) in [5.74, 6) is -0.495. The molecule has 0 aromatic rings. The maximum absolute atomic E-state index is 9.48. The largest absolute Gasteiger partial charge is 1.00 e. The molecule has 0 aromatic heterocycles. The zero-order valence-electron chi connectivity index (χ0n) is 3.42. The minimum absolute atomic E-state index is 0. The van der Waals surface area contributed by atoms with E-state index in [1.807, 2.05) is 0 Å². The van der Waals surface area contributed by atoms with E-state index in [0.29, 0.717) is 6.42 Å². The quantitative estimate of drug-likeness (QED) is 0.494. The Bertz CT molecular complexity index is 46.1. The van der Waals surface area contributed by atoms with Gasteiger partial charge in [0, 0.05) is 5.91 Å². The van der Waals surface area contributed by atoms with E-state index in [2.05, 4.69) is 0 Å². The van der Waals surface area contributed by atoms with Gasteiger partial charge < -0.3 is 10.5 Å². The van der Waals surface area contributed by atoms with Crippen LogP contribution in [0.3, 0.4) is 0 Å². The van der Waals surface area contributed by atoms with Crippen LogP contribution in [0.5, 0.6) is 0 Å². The molecule has 40 valence electrons. The SMILES string of the molecule is CCC([NH-])=O.[Cu+]. The Morgan fingerprint density at radius 3 is 2.00 bits per heavy atom. The molecule has 0 radical (unpaired) electrons. The maximum atomic E-state index is 9.48. The van der Waals surface area contributed by atoms with E-state index in [0.717, 1.165) is 0 Å². The Balaban J connectivity index is 0. The molecule has 0 aromatic carbocycles. The topological polar surface area (TPSA) is 40.9 Å². The fraction of sp³-hybridized carbons (Fsp3) is 0.667. The normalized spacial score (nSPS) is 6.17. The summed E-state index contributed by atoms with van der Waals surface area (Å²) in [4.78, 5) is 9.48. The molecule has 3 heteroatoms. The van der Waals surface area contributed by atoms with Gasteiger partial charge >= 0.3 is 17.1 Å². The Kier molecular flexibility index (Phi) is 7.79. The van der Waals surface area contributed by atoms with Gasteiger partial charge in [-0.1, -0.05) is 6.92 Å². The third-order valence-electron chi connectivity index (χ3n) is 0.321. The molecule has 0 unspecified atom stereocenters. The summed E-state index contributed by atoms with van der Waals surface area (Å²) in [6, 6.07) is 0. The van der Waals surface area contributed by atoms with Crippen LogP contribution in [0.15, 0.2) is 0 Å². The third-order valence-corrected chi connectivity index (χ3v) is 0.321. The van der Waals surface area contributed by atoms with Gasteiger partial charge in [-0.2, -0.15) is 0 Å². The molecule has 0 fully saturated rings. The molecular weight excluding hydrogens is 130 g/mol. The molecule has 0 bridgehead atoms. The van der Waals surface area contributed by atoms with Crippen LogP contribution in [-0.2, 0) is 21.9 Å². The maximum Gasteiger partial charge on any atom is 1.00 e. The average molecular weight is 136 g/mol. The van der Waals surface area contributed by atoms with Crippen LogP contribution >= 0.6 is 0 Å². The first-order valence-electron chi connectivity index (χ1n) is 1.51. The minimum atomic E-state index is -0.495. The summed E-state index contributed by atoms with van der Waals surface area (Å²) in [6.07, 6.45) is 0.333. The molecule has 0 atom stereocenters. The van der Waals surface area contributed by atoms with Gasteiger partial charge in [0.05, 0.1) is 0 Å². The summed E-state index contributed by atoms with van der Waals surface area (Å²) in [7, 11) is 0. The van der Waals surface area contributed by atoms with Crippen molar-refractivity contribution in [1.82, 2.24) is 0 Å². The summed E-state index contributed by atoms with van der Waals surface area (Å²) < 4.78 is 0. The van der Waals surface area contributed by atoms with Gasteiger partial charge in [-0.25, -0.2) is 0 Å². The molecule has 0 aliphatic rings. The van der Waals surface area contributed by atoms with E-state index in [-0.39, 0.29) is 17.1 Å². The molecule has 0 aliphatic heterocycles. The van der Waals surface area contributed by atoms with Crippen LogP contribution in [-0.4, -0.2) is 5.91 Å². The second kappa shape index (κ2) is 4.99. The fourth-order valence-electron chi connectivity index (χ4n) is 0. The Labute approximate surface area is 47.6 Å². The van der Waals surface area contributed by atoms with Gasteiger partial charge in [-0.3, -0.25) is 0 Å². The molecule has 0 aliphatic carbocycles. The second-order valence-corrected chi connectivity index (χ2v) is 0.777. The van der Waals surface area contributed by atoms with Crippen molar-refractivity contribution in [3.05, 3.63) is 5.73 Å². The van der Waals surface area contributed by atoms with Crippen molar-refractivity contribution in [2.24, 2.45) is 0 Å². The Hall–Kier alpha value is -0.0105. The molecule has 1 N–H and O–H groups in total. The molecule has 1 amide bonds. The number of nitrogens with one attached hydrogen (secondary N) is 1. The Morgan fingerprint density at radius 2 is 2.00 bits per heavy atom. The van der Waals surface area contributed by atoms with Crippen molar-refractivity contribution in [2.75, 3.05) is 0 Å². The van der Waals surface area contributed by atoms with Crippen molar-refractivity contribution >= 4 is 5.91 Å². The van der Waals surface area contributed by atoms with E-state index in [9.17, 15) is 4.79 Å². The van der Waals surface area contributed by atoms with Crippen molar-refractivity contribution < 1.29 is 21.9 Å². The standard InChI is InChI=1S/C3H7NO.Cu/c1-2-3(4)5;/h2H2,1H3,(H2,4,5);/q;+1/p-1. The molecule has 0 rings (SSSR count). The number of carbonyl (C=O) groups is 1. The number of rotatable bonds is 1. The molecule has 0 saturated carbocycles. The van der Waals surface area contributed by atoms with Crippen LogP contribution in [0, 0.1) is 0 Å². The summed E-state index contributed by atoms with van der Waals surface area (Å²) in [5.41, 5.74) is 6.19. The van der Waals surface area contributed by atoms with Crippen LogP contribution in [0.2, 0.25) is 0 Å². The first-order valence-corrected chi connectivity index (χ1v) is 1.51. The van der Waals surface area contributed by atoms with E-state index in [1.54, 1.807) is 6.92 Å². The molecule has 0 saturated heterocycles. The fourth-order valence-corrected chi connectivity index (χ4v) is 0. The summed E-state index contributed by atoms with van der Waals surface area (Å²) in [6.45, 7) is 1.66. The van der Waals surface area contributed by atoms with Crippen molar-refractivity contribution in [3.8, 4) is 0 Å². The smallest absolute Gasteiger partial charge is 0.668 e. The number of hydrogen-bond acceptors (Lipinski definition) is 1. The third kappa shape index (κ3) is 9.01. The molecule has 0 spiro atoms. The van der Waals surface area contributed by atoms with Crippen molar-refractivity contribution in [1.29, 1.82) is 0 Å². The number of amides is 1. The van der Waals surface area contributed by atoms with Crippen LogP contribution in [0.1, 0.15) is 13.3 Å². The zero-order chi connectivity index (χ0) is 4.28. The predicted molar refractivity (Wildman–Crippen MR) is 19.6 cm³/mol. The molecular formula is C3H6CuNO. The van der Waals surface area contributed by atoms with E-state index < -0.39 is 5.91 Å². The van der Waals surface area contributed by atoms with E-state index in [1.165, 1.54) is 0 Å². The molecule has 2 nitrogen and oxygen atoms in total. The van der Waals surface area contributed by atoms with Crippen molar-refractivity contribution in [3.63, 3.8) is 0 Å². The number of hydrogen-bond donors (Lipinski definition) is 0. The summed E-state index contributed by atoms with van der Waals surface area (Å²) in [5, 5.41) is 0. The monoisotopic (exact) mass is 135 g/mol. The van der Waals surface area contributed by atoms with Gasteiger partial charge in [0.1, 0.15) is 0 Å². The first kappa shape index (κ1) is 9.37. The first-order chi connectivity index (χ1) is 2.27.